The Kier molecular flexibility index (Phi) is 14.4. The summed E-state index contributed by atoms with van der Waals surface area (Å²) >= 11 is 0. The first-order valence-electron chi connectivity index (χ1n) is 14.0. The molecule has 2 aromatic rings. The van der Waals surface area contributed by atoms with E-state index in [4.69, 9.17) is 4.74 Å². The molecule has 0 saturated carbocycles. The molecule has 0 aliphatic rings. The van der Waals surface area contributed by atoms with E-state index in [0.717, 1.165) is 18.4 Å². The van der Waals surface area contributed by atoms with Crippen LogP contribution in [0.15, 0.2) is 42.5 Å². The lowest BCUT2D eigenvalue weighted by Crippen LogP contribution is -2.05. The van der Waals surface area contributed by atoms with Gasteiger partial charge < -0.3 is 4.74 Å². The van der Waals surface area contributed by atoms with Gasteiger partial charge in [-0.3, -0.25) is 0 Å². The third kappa shape index (κ3) is 9.65. The van der Waals surface area contributed by atoms with Gasteiger partial charge in [0.05, 0.1) is 12.7 Å². The van der Waals surface area contributed by atoms with E-state index in [-0.39, 0.29) is 5.97 Å². The molecule has 0 aliphatic carbocycles. The molecule has 0 N–H and O–H groups in total. The first kappa shape index (κ1) is 28.1. The van der Waals surface area contributed by atoms with Crippen molar-refractivity contribution in [3.8, 4) is 11.1 Å². The monoisotopic (exact) mass is 464 g/mol. The highest BCUT2D eigenvalue weighted by Crippen LogP contribution is 2.32. The Morgan fingerprint density at radius 1 is 0.618 bits per heavy atom. The van der Waals surface area contributed by atoms with Crippen LogP contribution in [0.25, 0.3) is 11.1 Å². The maximum Gasteiger partial charge on any atom is 0.338 e. The zero-order chi connectivity index (χ0) is 24.4. The minimum Gasteiger partial charge on any atom is -0.465 e. The molecule has 0 amide bonds. The number of hydrogen-bond donors (Lipinski definition) is 0. The van der Waals surface area contributed by atoms with E-state index in [1.165, 1.54) is 114 Å². The number of ether oxygens (including phenoxy) is 1. The summed E-state index contributed by atoms with van der Waals surface area (Å²) in [5.41, 5.74) is 5.80. The maximum atomic E-state index is 12.5. The number of benzene rings is 2. The molecule has 34 heavy (non-hydrogen) atoms. The Bertz CT molecular complexity index is 824. The van der Waals surface area contributed by atoms with Crippen LogP contribution in [-0.4, -0.2) is 13.1 Å². The minimum atomic E-state index is -0.255. The number of carbonyl (C=O) groups is 1. The van der Waals surface area contributed by atoms with E-state index < -0.39 is 0 Å². The molecule has 0 spiro atoms. The quantitative estimate of drug-likeness (QED) is 0.162. The summed E-state index contributed by atoms with van der Waals surface area (Å²) < 4.78 is 5.09. The van der Waals surface area contributed by atoms with Crippen molar-refractivity contribution in [2.45, 2.75) is 117 Å². The van der Waals surface area contributed by atoms with Crippen LogP contribution in [0.1, 0.15) is 125 Å². The molecular weight excluding hydrogens is 416 g/mol. The number of rotatable bonds is 18. The van der Waals surface area contributed by atoms with Crippen LogP contribution in [-0.2, 0) is 17.6 Å². The summed E-state index contributed by atoms with van der Waals surface area (Å²) in [6, 6.07) is 14.6. The van der Waals surface area contributed by atoms with Crippen molar-refractivity contribution < 1.29 is 9.53 Å². The second-order valence-corrected chi connectivity index (χ2v) is 9.72. The van der Waals surface area contributed by atoms with Crippen molar-refractivity contribution in [2.75, 3.05) is 7.11 Å². The second-order valence-electron chi connectivity index (χ2n) is 9.72. The number of unbranched alkanes of at least 4 members (excludes halogenated alkanes) is 12. The fourth-order valence-electron chi connectivity index (χ4n) is 4.95. The Labute approximate surface area is 209 Å². The van der Waals surface area contributed by atoms with E-state index in [9.17, 15) is 4.79 Å². The predicted molar refractivity (Wildman–Crippen MR) is 147 cm³/mol. The molecule has 0 bridgehead atoms. The van der Waals surface area contributed by atoms with Crippen molar-refractivity contribution >= 4 is 5.97 Å². The molecule has 0 atom stereocenters. The van der Waals surface area contributed by atoms with Gasteiger partial charge >= 0.3 is 5.97 Å². The van der Waals surface area contributed by atoms with E-state index in [0.29, 0.717) is 5.56 Å². The number of hydrogen-bond acceptors (Lipinski definition) is 2. The van der Waals surface area contributed by atoms with E-state index >= 15 is 0 Å². The van der Waals surface area contributed by atoms with Gasteiger partial charge in [-0.05, 0) is 54.0 Å². The molecule has 188 valence electrons. The van der Waals surface area contributed by atoms with Crippen LogP contribution in [0, 0.1) is 0 Å². The van der Waals surface area contributed by atoms with Crippen molar-refractivity contribution in [2.24, 2.45) is 0 Å². The molecule has 2 rings (SSSR count). The van der Waals surface area contributed by atoms with Crippen molar-refractivity contribution in [1.29, 1.82) is 0 Å². The lowest BCUT2D eigenvalue weighted by Gasteiger charge is -2.17. The summed E-state index contributed by atoms with van der Waals surface area (Å²) in [5.74, 6) is -0.255. The second kappa shape index (κ2) is 17.4. The topological polar surface area (TPSA) is 26.3 Å². The van der Waals surface area contributed by atoms with Crippen LogP contribution in [0.3, 0.4) is 0 Å². The van der Waals surface area contributed by atoms with Gasteiger partial charge in [0, 0.05) is 0 Å². The third-order valence-corrected chi connectivity index (χ3v) is 6.98. The van der Waals surface area contributed by atoms with Gasteiger partial charge in [-0.15, -0.1) is 0 Å². The maximum absolute atomic E-state index is 12.5. The largest absolute Gasteiger partial charge is 0.465 e. The standard InChI is InChI=1S/C32H48O2/c1-4-6-8-10-12-14-16-21-27-22-20-26-29(28(27)23-17-15-13-11-9-7-5-2)30-24-18-19-25-31(30)32(33)34-3/h18-20,22,24-26H,4-17,21,23H2,1-3H3. The molecule has 2 aromatic carbocycles. The molecule has 2 heteroatoms. The lowest BCUT2D eigenvalue weighted by atomic mass is 9.87. The van der Waals surface area contributed by atoms with Crippen LogP contribution >= 0.6 is 0 Å². The Morgan fingerprint density at radius 2 is 1.15 bits per heavy atom. The van der Waals surface area contributed by atoms with Crippen molar-refractivity contribution in [3.05, 3.63) is 59.2 Å². The SMILES string of the molecule is CCCCCCCCCc1cccc(-c2ccccc2C(=O)OC)c1CCCCCCCCC. The van der Waals surface area contributed by atoms with Crippen LogP contribution in [0.5, 0.6) is 0 Å². The van der Waals surface area contributed by atoms with Gasteiger partial charge in [0.1, 0.15) is 0 Å². The Balaban J connectivity index is 2.14. The molecule has 0 heterocycles. The van der Waals surface area contributed by atoms with Crippen molar-refractivity contribution in [1.82, 2.24) is 0 Å². The fraction of sp³-hybridized carbons (Fsp3) is 0.594. The summed E-state index contributed by atoms with van der Waals surface area (Å²) in [6.45, 7) is 4.55. The molecule has 0 unspecified atom stereocenters. The molecule has 2 nitrogen and oxygen atoms in total. The summed E-state index contributed by atoms with van der Waals surface area (Å²) in [5, 5.41) is 0. The van der Waals surface area contributed by atoms with Gasteiger partial charge in [0.2, 0.25) is 0 Å². The highest BCUT2D eigenvalue weighted by atomic mass is 16.5. The number of carbonyl (C=O) groups excluding carboxylic acids is 1. The molecule has 0 aromatic heterocycles. The first-order valence-corrected chi connectivity index (χ1v) is 14.0. The van der Waals surface area contributed by atoms with Gasteiger partial charge in [0.25, 0.3) is 0 Å². The number of esters is 1. The Hall–Kier alpha value is -2.09. The van der Waals surface area contributed by atoms with Gasteiger partial charge in [-0.25, -0.2) is 4.79 Å². The zero-order valence-electron chi connectivity index (χ0n) is 22.2. The smallest absolute Gasteiger partial charge is 0.338 e. The number of methoxy groups -OCH3 is 1. The first-order chi connectivity index (χ1) is 16.7. The van der Waals surface area contributed by atoms with E-state index in [2.05, 4.69) is 38.1 Å². The van der Waals surface area contributed by atoms with Crippen LogP contribution < -0.4 is 0 Å². The Morgan fingerprint density at radius 3 is 1.76 bits per heavy atom. The molecule has 0 aliphatic heterocycles. The van der Waals surface area contributed by atoms with Gasteiger partial charge in [0.15, 0.2) is 0 Å². The number of aryl methyl sites for hydroxylation is 1. The third-order valence-electron chi connectivity index (χ3n) is 6.98. The molecule has 0 fully saturated rings. The van der Waals surface area contributed by atoms with Gasteiger partial charge in [-0.1, -0.05) is 127 Å². The zero-order valence-corrected chi connectivity index (χ0v) is 22.2. The van der Waals surface area contributed by atoms with E-state index in [1.807, 2.05) is 18.2 Å². The molecule has 0 radical (unpaired) electrons. The normalized spacial score (nSPS) is 11.0. The predicted octanol–water partition coefficient (Wildman–Crippen LogP) is 9.73. The lowest BCUT2D eigenvalue weighted by molar-refractivity contribution is 0.0601. The highest BCUT2D eigenvalue weighted by Gasteiger charge is 2.17. The fourth-order valence-corrected chi connectivity index (χ4v) is 4.95. The average Bonchev–Trinajstić information content (AvgIpc) is 2.87. The van der Waals surface area contributed by atoms with E-state index in [1.54, 1.807) is 0 Å². The summed E-state index contributed by atoms with van der Waals surface area (Å²) in [4.78, 5) is 12.5. The average molecular weight is 465 g/mol. The highest BCUT2D eigenvalue weighted by molar-refractivity contribution is 5.97. The van der Waals surface area contributed by atoms with Crippen LogP contribution in [0.2, 0.25) is 0 Å². The summed E-state index contributed by atoms with van der Waals surface area (Å²) in [6.07, 6.45) is 20.7. The summed E-state index contributed by atoms with van der Waals surface area (Å²) in [7, 11) is 1.47. The molecular formula is C32H48O2. The van der Waals surface area contributed by atoms with Crippen LogP contribution in [0.4, 0.5) is 0 Å². The van der Waals surface area contributed by atoms with Crippen molar-refractivity contribution in [3.63, 3.8) is 0 Å². The van der Waals surface area contributed by atoms with Gasteiger partial charge in [-0.2, -0.15) is 0 Å². The minimum absolute atomic E-state index is 0.255. The molecule has 0 saturated heterocycles.